The third-order valence-corrected chi connectivity index (χ3v) is 2.90. The largest absolute Gasteiger partial charge is 0.497 e. The van der Waals surface area contributed by atoms with E-state index in [2.05, 4.69) is 10.5 Å². The Labute approximate surface area is 129 Å². The Kier molecular flexibility index (Phi) is 5.54. The second-order valence-corrected chi connectivity index (χ2v) is 4.43. The Morgan fingerprint density at radius 3 is 2.64 bits per heavy atom. The first-order valence-electron chi connectivity index (χ1n) is 6.93. The van der Waals surface area contributed by atoms with Crippen LogP contribution in [0, 0.1) is 0 Å². The van der Waals surface area contributed by atoms with Crippen molar-refractivity contribution in [3.63, 3.8) is 0 Å². The highest BCUT2D eigenvalue weighted by atomic mass is 16.5. The van der Waals surface area contributed by atoms with Gasteiger partial charge < -0.3 is 9.47 Å². The van der Waals surface area contributed by atoms with Crippen LogP contribution >= 0.6 is 0 Å². The van der Waals surface area contributed by atoms with Gasteiger partial charge in [0.05, 0.1) is 19.9 Å². The van der Waals surface area contributed by atoms with Gasteiger partial charge in [-0.15, -0.1) is 0 Å². The van der Waals surface area contributed by atoms with Crippen LogP contribution in [0.2, 0.25) is 0 Å². The summed E-state index contributed by atoms with van der Waals surface area (Å²) in [7, 11) is 1.56. The molecule has 2 aromatic carbocycles. The van der Waals surface area contributed by atoms with Crippen molar-refractivity contribution in [1.29, 1.82) is 0 Å². The van der Waals surface area contributed by atoms with Crippen LogP contribution in [0.25, 0.3) is 0 Å². The lowest BCUT2D eigenvalue weighted by Gasteiger charge is -2.03. The van der Waals surface area contributed by atoms with Gasteiger partial charge in [0.1, 0.15) is 11.5 Å². The number of hydrogen-bond donors (Lipinski definition) is 1. The molecule has 2 rings (SSSR count). The minimum absolute atomic E-state index is 0.291. The Morgan fingerprint density at radius 1 is 1.18 bits per heavy atom. The number of rotatable bonds is 6. The van der Waals surface area contributed by atoms with E-state index in [0.717, 1.165) is 11.3 Å². The predicted octanol–water partition coefficient (Wildman–Crippen LogP) is 2.86. The molecule has 0 spiro atoms. The highest BCUT2D eigenvalue weighted by Crippen LogP contribution is 2.12. The molecule has 0 fully saturated rings. The molecule has 0 saturated carbocycles. The molecule has 2 aromatic rings. The summed E-state index contributed by atoms with van der Waals surface area (Å²) in [6.07, 6.45) is 1.58. The Balaban J connectivity index is 1.94. The number of nitrogens with one attached hydrogen (secondary N) is 1. The maximum atomic E-state index is 11.9. The summed E-state index contributed by atoms with van der Waals surface area (Å²) >= 11 is 0. The third-order valence-electron chi connectivity index (χ3n) is 2.90. The Hall–Kier alpha value is -2.82. The number of carbonyl (C=O) groups excluding carboxylic acids is 1. The van der Waals surface area contributed by atoms with Crippen LogP contribution in [0.4, 0.5) is 0 Å². The topological polar surface area (TPSA) is 59.9 Å². The Morgan fingerprint density at radius 2 is 1.95 bits per heavy atom. The summed E-state index contributed by atoms with van der Waals surface area (Å²) in [5, 5.41) is 3.94. The van der Waals surface area contributed by atoms with Crippen LogP contribution in [0.15, 0.2) is 53.6 Å². The summed E-state index contributed by atoms with van der Waals surface area (Å²) in [4.78, 5) is 11.9. The van der Waals surface area contributed by atoms with Crippen molar-refractivity contribution in [1.82, 2.24) is 5.43 Å². The lowest BCUT2D eigenvalue weighted by atomic mass is 10.2. The molecule has 0 radical (unpaired) electrons. The molecule has 0 aliphatic rings. The van der Waals surface area contributed by atoms with E-state index in [1.807, 2.05) is 31.2 Å². The molecule has 1 N–H and O–H groups in total. The molecular formula is C17H18N2O3. The van der Waals surface area contributed by atoms with Crippen LogP contribution in [0.1, 0.15) is 22.8 Å². The van der Waals surface area contributed by atoms with Crippen LogP contribution in [-0.2, 0) is 0 Å². The monoisotopic (exact) mass is 298 g/mol. The molecule has 0 unspecified atom stereocenters. The van der Waals surface area contributed by atoms with Crippen molar-refractivity contribution in [3.05, 3.63) is 59.7 Å². The molecule has 114 valence electrons. The van der Waals surface area contributed by atoms with Gasteiger partial charge in [0.15, 0.2) is 0 Å². The van der Waals surface area contributed by atoms with Gasteiger partial charge in [-0.2, -0.15) is 5.10 Å². The van der Waals surface area contributed by atoms with E-state index in [4.69, 9.17) is 9.47 Å². The predicted molar refractivity (Wildman–Crippen MR) is 85.7 cm³/mol. The van der Waals surface area contributed by atoms with Crippen LogP contribution < -0.4 is 14.9 Å². The summed E-state index contributed by atoms with van der Waals surface area (Å²) < 4.78 is 10.4. The number of benzene rings is 2. The molecule has 5 heteroatoms. The van der Waals surface area contributed by atoms with Crippen LogP contribution in [0.5, 0.6) is 11.5 Å². The van der Waals surface area contributed by atoms with Crippen molar-refractivity contribution < 1.29 is 14.3 Å². The highest BCUT2D eigenvalue weighted by Gasteiger charge is 2.04. The number of hydrazone groups is 1. The summed E-state index contributed by atoms with van der Waals surface area (Å²) in [5.74, 6) is 1.14. The molecular weight excluding hydrogens is 280 g/mol. The standard InChI is InChI=1S/C17H18N2O3/c1-3-22-15-9-7-13(8-10-15)12-18-19-17(20)14-5-4-6-16(11-14)21-2/h4-12H,3H2,1-2H3,(H,19,20)/b18-12+. The van der Waals surface area contributed by atoms with Gasteiger partial charge in [-0.3, -0.25) is 4.79 Å². The average Bonchev–Trinajstić information content (AvgIpc) is 2.56. The fourth-order valence-electron chi connectivity index (χ4n) is 1.81. The first-order chi connectivity index (χ1) is 10.7. The van der Waals surface area contributed by atoms with E-state index in [1.165, 1.54) is 0 Å². The zero-order chi connectivity index (χ0) is 15.8. The normalized spacial score (nSPS) is 10.5. The maximum Gasteiger partial charge on any atom is 0.271 e. The number of nitrogens with zero attached hydrogens (tertiary/aromatic N) is 1. The molecule has 0 aromatic heterocycles. The zero-order valence-corrected chi connectivity index (χ0v) is 12.6. The van der Waals surface area contributed by atoms with E-state index < -0.39 is 0 Å². The van der Waals surface area contributed by atoms with Gasteiger partial charge in [-0.1, -0.05) is 6.07 Å². The summed E-state index contributed by atoms with van der Waals surface area (Å²) in [5.41, 5.74) is 3.84. The van der Waals surface area contributed by atoms with Crippen molar-refractivity contribution >= 4 is 12.1 Å². The fourth-order valence-corrected chi connectivity index (χ4v) is 1.81. The molecule has 1 amide bonds. The van der Waals surface area contributed by atoms with E-state index in [0.29, 0.717) is 17.9 Å². The van der Waals surface area contributed by atoms with E-state index in [9.17, 15) is 4.79 Å². The number of hydrogen-bond acceptors (Lipinski definition) is 4. The molecule has 0 atom stereocenters. The second kappa shape index (κ2) is 7.83. The van der Waals surface area contributed by atoms with Crippen molar-refractivity contribution in [2.24, 2.45) is 5.10 Å². The van der Waals surface area contributed by atoms with Gasteiger partial charge in [-0.25, -0.2) is 5.43 Å². The fraction of sp³-hybridized carbons (Fsp3) is 0.176. The molecule has 0 heterocycles. The SMILES string of the molecule is CCOc1ccc(/C=N/NC(=O)c2cccc(OC)c2)cc1. The second-order valence-electron chi connectivity index (χ2n) is 4.43. The molecule has 0 aliphatic carbocycles. The van der Waals surface area contributed by atoms with Crippen molar-refractivity contribution in [2.45, 2.75) is 6.92 Å². The number of ether oxygens (including phenoxy) is 2. The van der Waals surface area contributed by atoms with Gasteiger partial charge in [0.25, 0.3) is 5.91 Å². The molecule has 0 bridgehead atoms. The minimum atomic E-state index is -0.291. The van der Waals surface area contributed by atoms with Crippen molar-refractivity contribution in [3.8, 4) is 11.5 Å². The maximum absolute atomic E-state index is 11.9. The zero-order valence-electron chi connectivity index (χ0n) is 12.6. The third kappa shape index (κ3) is 4.34. The van der Waals surface area contributed by atoms with Gasteiger partial charge >= 0.3 is 0 Å². The first kappa shape index (κ1) is 15.6. The van der Waals surface area contributed by atoms with Gasteiger partial charge in [-0.05, 0) is 55.0 Å². The minimum Gasteiger partial charge on any atom is -0.497 e. The van der Waals surface area contributed by atoms with E-state index >= 15 is 0 Å². The molecule has 0 aliphatic heterocycles. The lowest BCUT2D eigenvalue weighted by Crippen LogP contribution is -2.17. The highest BCUT2D eigenvalue weighted by molar-refractivity contribution is 5.95. The molecule has 0 saturated heterocycles. The summed E-state index contributed by atoms with van der Waals surface area (Å²) in [6.45, 7) is 2.56. The number of methoxy groups -OCH3 is 1. The smallest absolute Gasteiger partial charge is 0.271 e. The summed E-state index contributed by atoms with van der Waals surface area (Å²) in [6, 6.07) is 14.3. The molecule has 22 heavy (non-hydrogen) atoms. The average molecular weight is 298 g/mol. The first-order valence-corrected chi connectivity index (χ1v) is 6.93. The van der Waals surface area contributed by atoms with E-state index in [1.54, 1.807) is 37.6 Å². The number of carbonyl (C=O) groups is 1. The Bertz CT molecular complexity index is 651. The van der Waals surface area contributed by atoms with E-state index in [-0.39, 0.29) is 5.91 Å². The lowest BCUT2D eigenvalue weighted by molar-refractivity contribution is 0.0955. The van der Waals surface area contributed by atoms with Crippen molar-refractivity contribution in [2.75, 3.05) is 13.7 Å². The molecule has 5 nitrogen and oxygen atoms in total. The quantitative estimate of drug-likeness (QED) is 0.659. The van der Waals surface area contributed by atoms with Crippen LogP contribution in [-0.4, -0.2) is 25.8 Å². The van der Waals surface area contributed by atoms with Crippen LogP contribution in [0.3, 0.4) is 0 Å². The van der Waals surface area contributed by atoms with Gasteiger partial charge in [0.2, 0.25) is 0 Å². The van der Waals surface area contributed by atoms with Gasteiger partial charge in [0, 0.05) is 5.56 Å². The number of amides is 1.